The molecule has 4 rings (SSSR count). The molecule has 168 valence electrons. The molecule has 0 aliphatic heterocycles. The highest BCUT2D eigenvalue weighted by molar-refractivity contribution is 6.04. The molecule has 0 unspecified atom stereocenters. The topological polar surface area (TPSA) is 98.0 Å². The standard InChI is InChI=1S/C24H29N5O3/c1-3-29-16(2)25-20-14-18(11-12-21(20)29)27-23(31)19-10-7-13-28(24(19)32)15-22(30)26-17-8-5-4-6-9-17/h7,10-14,17H,3-6,8-9,15H2,1-2H3,(H,26,30)(H,27,31). The number of benzene rings is 1. The van der Waals surface area contributed by atoms with Crippen LogP contribution in [-0.2, 0) is 17.9 Å². The molecule has 0 spiro atoms. The van der Waals surface area contributed by atoms with Crippen molar-refractivity contribution in [2.75, 3.05) is 5.32 Å². The Labute approximate surface area is 186 Å². The van der Waals surface area contributed by atoms with Crippen molar-refractivity contribution in [3.8, 4) is 0 Å². The number of anilines is 1. The van der Waals surface area contributed by atoms with Crippen molar-refractivity contribution in [2.24, 2.45) is 0 Å². The average Bonchev–Trinajstić information content (AvgIpc) is 3.09. The lowest BCUT2D eigenvalue weighted by Gasteiger charge is -2.22. The Hall–Kier alpha value is -3.42. The lowest BCUT2D eigenvalue weighted by molar-refractivity contribution is -0.122. The highest BCUT2D eigenvalue weighted by Crippen LogP contribution is 2.21. The van der Waals surface area contributed by atoms with E-state index in [2.05, 4.69) is 27.1 Å². The van der Waals surface area contributed by atoms with Gasteiger partial charge in [0.25, 0.3) is 11.5 Å². The van der Waals surface area contributed by atoms with Gasteiger partial charge in [0.15, 0.2) is 0 Å². The van der Waals surface area contributed by atoms with E-state index >= 15 is 0 Å². The van der Waals surface area contributed by atoms with Crippen LogP contribution in [0.4, 0.5) is 5.69 Å². The number of carbonyl (C=O) groups excluding carboxylic acids is 2. The number of carbonyl (C=O) groups is 2. The molecule has 2 N–H and O–H groups in total. The second-order valence-electron chi connectivity index (χ2n) is 8.32. The van der Waals surface area contributed by atoms with Crippen LogP contribution < -0.4 is 16.2 Å². The van der Waals surface area contributed by atoms with E-state index < -0.39 is 11.5 Å². The van der Waals surface area contributed by atoms with Gasteiger partial charge in [-0.1, -0.05) is 19.3 Å². The molecule has 8 heteroatoms. The van der Waals surface area contributed by atoms with Gasteiger partial charge in [0.05, 0.1) is 11.0 Å². The summed E-state index contributed by atoms with van der Waals surface area (Å²) in [7, 11) is 0. The summed E-state index contributed by atoms with van der Waals surface area (Å²) in [5.74, 6) is 0.190. The lowest BCUT2D eigenvalue weighted by Crippen LogP contribution is -2.40. The Morgan fingerprint density at radius 3 is 2.69 bits per heavy atom. The Morgan fingerprint density at radius 2 is 1.94 bits per heavy atom. The van der Waals surface area contributed by atoms with Crippen LogP contribution in [-0.4, -0.2) is 32.0 Å². The summed E-state index contributed by atoms with van der Waals surface area (Å²) in [6.07, 6.45) is 6.92. The molecular weight excluding hydrogens is 406 g/mol. The molecule has 2 aromatic heterocycles. The number of fused-ring (bicyclic) bond motifs is 1. The van der Waals surface area contributed by atoms with Crippen molar-refractivity contribution in [3.63, 3.8) is 0 Å². The minimum atomic E-state index is -0.511. The molecule has 0 radical (unpaired) electrons. The van der Waals surface area contributed by atoms with E-state index in [1.54, 1.807) is 18.2 Å². The smallest absolute Gasteiger partial charge is 0.263 e. The van der Waals surface area contributed by atoms with Crippen molar-refractivity contribution in [2.45, 2.75) is 65.1 Å². The van der Waals surface area contributed by atoms with Crippen LogP contribution in [0.1, 0.15) is 55.2 Å². The summed E-state index contributed by atoms with van der Waals surface area (Å²) in [6.45, 7) is 4.71. The highest BCUT2D eigenvalue weighted by atomic mass is 16.2. The molecule has 2 amide bonds. The third-order valence-corrected chi connectivity index (χ3v) is 6.06. The number of aryl methyl sites for hydroxylation is 2. The second-order valence-corrected chi connectivity index (χ2v) is 8.32. The second kappa shape index (κ2) is 9.38. The Bertz CT molecular complexity index is 1200. The maximum Gasteiger partial charge on any atom is 0.263 e. The van der Waals surface area contributed by atoms with Gasteiger partial charge in [-0.2, -0.15) is 0 Å². The molecule has 3 aromatic rings. The van der Waals surface area contributed by atoms with Gasteiger partial charge in [0.2, 0.25) is 5.91 Å². The highest BCUT2D eigenvalue weighted by Gasteiger charge is 2.18. The number of hydrogen-bond donors (Lipinski definition) is 2. The zero-order valence-electron chi connectivity index (χ0n) is 18.6. The maximum absolute atomic E-state index is 12.8. The molecule has 1 aliphatic rings. The maximum atomic E-state index is 12.8. The molecule has 1 saturated carbocycles. The fourth-order valence-corrected chi connectivity index (χ4v) is 4.43. The van der Waals surface area contributed by atoms with Gasteiger partial charge in [-0.05, 0) is 57.0 Å². The number of amides is 2. The Kier molecular flexibility index (Phi) is 6.39. The van der Waals surface area contributed by atoms with E-state index in [1.165, 1.54) is 23.3 Å². The van der Waals surface area contributed by atoms with Crippen LogP contribution in [0, 0.1) is 6.92 Å². The summed E-state index contributed by atoms with van der Waals surface area (Å²) in [5, 5.41) is 5.79. The molecule has 1 aromatic carbocycles. The number of pyridine rings is 1. The molecule has 0 atom stereocenters. The summed E-state index contributed by atoms with van der Waals surface area (Å²) < 4.78 is 3.37. The first kappa shape index (κ1) is 21.8. The molecule has 2 heterocycles. The van der Waals surface area contributed by atoms with Crippen LogP contribution in [0.2, 0.25) is 0 Å². The molecule has 32 heavy (non-hydrogen) atoms. The Balaban J connectivity index is 1.47. The van der Waals surface area contributed by atoms with Gasteiger partial charge in [-0.25, -0.2) is 4.98 Å². The summed E-state index contributed by atoms with van der Waals surface area (Å²) in [6, 6.07) is 8.76. The molecule has 8 nitrogen and oxygen atoms in total. The fraction of sp³-hybridized carbons (Fsp3) is 0.417. The number of aromatic nitrogens is 3. The van der Waals surface area contributed by atoms with Gasteiger partial charge < -0.3 is 19.8 Å². The normalized spacial score (nSPS) is 14.4. The average molecular weight is 436 g/mol. The van der Waals surface area contributed by atoms with Crippen LogP contribution in [0.3, 0.4) is 0 Å². The quantitative estimate of drug-likeness (QED) is 0.621. The van der Waals surface area contributed by atoms with E-state index in [-0.39, 0.29) is 24.1 Å². The first-order valence-electron chi connectivity index (χ1n) is 11.2. The first-order chi connectivity index (χ1) is 15.5. The monoisotopic (exact) mass is 435 g/mol. The van der Waals surface area contributed by atoms with Crippen molar-refractivity contribution < 1.29 is 9.59 Å². The molecule has 1 fully saturated rings. The van der Waals surface area contributed by atoms with Crippen LogP contribution in [0.5, 0.6) is 0 Å². The molecule has 1 aliphatic carbocycles. The summed E-state index contributed by atoms with van der Waals surface area (Å²) in [5.41, 5.74) is 1.85. The predicted octanol–water partition coefficient (Wildman–Crippen LogP) is 3.23. The van der Waals surface area contributed by atoms with Gasteiger partial charge in [0, 0.05) is 24.5 Å². The zero-order valence-corrected chi connectivity index (χ0v) is 18.6. The van der Waals surface area contributed by atoms with Crippen molar-refractivity contribution in [1.29, 1.82) is 0 Å². The minimum absolute atomic E-state index is 0.00617. The number of rotatable bonds is 6. The molecule has 0 bridgehead atoms. The van der Waals surface area contributed by atoms with Crippen molar-refractivity contribution in [1.82, 2.24) is 19.4 Å². The van der Waals surface area contributed by atoms with E-state index in [4.69, 9.17) is 0 Å². The summed E-state index contributed by atoms with van der Waals surface area (Å²) >= 11 is 0. The van der Waals surface area contributed by atoms with E-state index in [9.17, 15) is 14.4 Å². The third-order valence-electron chi connectivity index (χ3n) is 6.06. The van der Waals surface area contributed by atoms with Gasteiger partial charge in [0.1, 0.15) is 17.9 Å². The number of nitrogens with zero attached hydrogens (tertiary/aromatic N) is 3. The number of hydrogen-bond acceptors (Lipinski definition) is 4. The number of nitrogens with one attached hydrogen (secondary N) is 2. The van der Waals surface area contributed by atoms with Crippen molar-refractivity contribution >= 4 is 28.5 Å². The number of imidazole rings is 1. The van der Waals surface area contributed by atoms with Gasteiger partial charge >= 0.3 is 0 Å². The van der Waals surface area contributed by atoms with Crippen LogP contribution in [0.25, 0.3) is 11.0 Å². The van der Waals surface area contributed by atoms with Gasteiger partial charge in [-0.15, -0.1) is 0 Å². The summed E-state index contributed by atoms with van der Waals surface area (Å²) in [4.78, 5) is 42.6. The van der Waals surface area contributed by atoms with E-state index in [1.807, 2.05) is 13.0 Å². The zero-order chi connectivity index (χ0) is 22.7. The largest absolute Gasteiger partial charge is 0.352 e. The molecular formula is C24H29N5O3. The first-order valence-corrected chi connectivity index (χ1v) is 11.2. The predicted molar refractivity (Wildman–Crippen MR) is 124 cm³/mol. The minimum Gasteiger partial charge on any atom is -0.352 e. The van der Waals surface area contributed by atoms with Crippen LogP contribution in [0.15, 0.2) is 41.3 Å². The van der Waals surface area contributed by atoms with Crippen LogP contribution >= 0.6 is 0 Å². The van der Waals surface area contributed by atoms with E-state index in [0.29, 0.717) is 5.69 Å². The third kappa shape index (κ3) is 4.59. The Morgan fingerprint density at radius 1 is 1.16 bits per heavy atom. The lowest BCUT2D eigenvalue weighted by atomic mass is 9.95. The fourth-order valence-electron chi connectivity index (χ4n) is 4.43. The van der Waals surface area contributed by atoms with Crippen molar-refractivity contribution in [3.05, 3.63) is 58.3 Å². The van der Waals surface area contributed by atoms with E-state index in [0.717, 1.165) is 49.1 Å². The SMILES string of the molecule is CCn1c(C)nc2cc(NC(=O)c3cccn(CC(=O)NC4CCCCC4)c3=O)ccc21. The van der Waals surface area contributed by atoms with Gasteiger partial charge in [-0.3, -0.25) is 14.4 Å². The molecule has 0 saturated heterocycles.